The van der Waals surface area contributed by atoms with Crippen LogP contribution in [0.25, 0.3) is 10.9 Å². The van der Waals surface area contributed by atoms with E-state index in [1.807, 2.05) is 18.2 Å². The summed E-state index contributed by atoms with van der Waals surface area (Å²) >= 11 is 0. The predicted molar refractivity (Wildman–Crippen MR) is 140 cm³/mol. The van der Waals surface area contributed by atoms with Crippen molar-refractivity contribution in [3.05, 3.63) is 36.0 Å². The summed E-state index contributed by atoms with van der Waals surface area (Å²) in [4.78, 5) is 65.2. The number of para-hydroxylation sites is 1. The van der Waals surface area contributed by atoms with Crippen LogP contribution in [0.15, 0.2) is 30.5 Å². The number of amides is 4. The average molecular weight is 549 g/mol. The van der Waals surface area contributed by atoms with E-state index in [9.17, 15) is 29.1 Å². The highest BCUT2D eigenvalue weighted by Crippen LogP contribution is 2.19. The first kappa shape index (κ1) is 31.2. The quantitative estimate of drug-likeness (QED) is 0.116. The van der Waals surface area contributed by atoms with Gasteiger partial charge in [-0.1, -0.05) is 38.5 Å². The number of aromatic nitrogens is 1. The Bertz CT molecular complexity index is 1170. The fourth-order valence-corrected chi connectivity index (χ4v) is 3.79. The predicted octanol–water partition coefficient (Wildman–Crippen LogP) is -2.28. The number of fused-ring (bicyclic) bond motifs is 1. The lowest BCUT2D eigenvalue weighted by molar-refractivity contribution is -0.139. The van der Waals surface area contributed by atoms with Gasteiger partial charge >= 0.3 is 5.97 Å². The average Bonchev–Trinajstić information content (AvgIpc) is 3.34. The number of carboxylic acids is 1. The first-order valence-electron chi connectivity index (χ1n) is 12.4. The maximum absolute atomic E-state index is 13.5. The summed E-state index contributed by atoms with van der Waals surface area (Å²) < 4.78 is 0. The van der Waals surface area contributed by atoms with Crippen molar-refractivity contribution in [1.29, 1.82) is 0 Å². The van der Waals surface area contributed by atoms with E-state index in [1.54, 1.807) is 26.1 Å². The lowest BCUT2D eigenvalue weighted by Gasteiger charge is -2.27. The zero-order valence-electron chi connectivity index (χ0n) is 21.8. The van der Waals surface area contributed by atoms with Crippen molar-refractivity contribution in [3.8, 4) is 0 Å². The number of carboxylic acid groups (broad SMARTS) is 1. The molecule has 5 atom stereocenters. The third kappa shape index (κ3) is 8.77. The number of nitrogens with one attached hydrogen (secondary N) is 5. The van der Waals surface area contributed by atoms with Crippen LogP contribution in [-0.2, 0) is 30.4 Å². The number of rotatable bonds is 15. The number of H-pyrrole nitrogens is 1. The Labute approximate surface area is 224 Å². The number of nitrogens with two attached hydrogens (primary N) is 1. The lowest BCUT2D eigenvalue weighted by atomic mass is 9.97. The first-order valence-corrected chi connectivity index (χ1v) is 12.4. The van der Waals surface area contributed by atoms with Crippen molar-refractivity contribution in [3.63, 3.8) is 0 Å². The van der Waals surface area contributed by atoms with E-state index < -0.39 is 73.5 Å². The third-order valence-electron chi connectivity index (χ3n) is 6.29. The molecular weight excluding hydrogens is 512 g/mol. The van der Waals surface area contributed by atoms with Crippen LogP contribution >= 0.6 is 0 Å². The highest BCUT2D eigenvalue weighted by Gasteiger charge is 2.32. The Hall–Kier alpha value is -4.01. The van der Waals surface area contributed by atoms with Gasteiger partial charge in [-0.15, -0.1) is 0 Å². The summed E-state index contributed by atoms with van der Waals surface area (Å²) in [7, 11) is 0. The number of hydrogen-bond donors (Lipinski definition) is 9. The zero-order valence-corrected chi connectivity index (χ0v) is 21.8. The second-order valence-electron chi connectivity index (χ2n) is 9.14. The van der Waals surface area contributed by atoms with Gasteiger partial charge in [-0.3, -0.25) is 24.0 Å². The van der Waals surface area contributed by atoms with Gasteiger partial charge in [0.1, 0.15) is 30.7 Å². The van der Waals surface area contributed by atoms with Gasteiger partial charge in [0.05, 0.1) is 13.2 Å². The van der Waals surface area contributed by atoms with Crippen LogP contribution in [0.1, 0.15) is 25.8 Å². The van der Waals surface area contributed by atoms with Crippen LogP contribution in [-0.4, -0.2) is 93.8 Å². The lowest BCUT2D eigenvalue weighted by Crippen LogP contribution is -2.60. The minimum atomic E-state index is -1.47. The van der Waals surface area contributed by atoms with Gasteiger partial charge in [0.25, 0.3) is 0 Å². The van der Waals surface area contributed by atoms with Crippen LogP contribution in [0, 0.1) is 5.92 Å². The summed E-state index contributed by atoms with van der Waals surface area (Å²) in [6.45, 7) is 1.37. The molecule has 0 spiro atoms. The summed E-state index contributed by atoms with van der Waals surface area (Å²) in [5.41, 5.74) is 6.93. The Balaban J connectivity index is 2.32. The van der Waals surface area contributed by atoms with E-state index in [4.69, 9.17) is 15.9 Å². The molecule has 0 bridgehead atoms. The highest BCUT2D eigenvalue weighted by atomic mass is 16.4. The highest BCUT2D eigenvalue weighted by molar-refractivity contribution is 5.96. The molecule has 39 heavy (non-hydrogen) atoms. The Morgan fingerprint density at radius 1 is 0.923 bits per heavy atom. The van der Waals surface area contributed by atoms with Crippen LogP contribution in [0.2, 0.25) is 0 Å². The molecule has 1 aromatic heterocycles. The van der Waals surface area contributed by atoms with Crippen molar-refractivity contribution in [2.45, 2.75) is 50.9 Å². The molecule has 0 aliphatic heterocycles. The number of aliphatic hydroxyl groups is 2. The SMILES string of the molecule is CC[C@H](C)[C@H](NC(=O)[C@H](Cc1c[nH]c2ccccc12)NC(=O)[C@H](CO)NC(=O)[C@@H](N)CO)C(=O)NCC(=O)O. The second-order valence-corrected chi connectivity index (χ2v) is 9.14. The topological polar surface area (TPSA) is 236 Å². The number of aliphatic hydroxyl groups excluding tert-OH is 2. The molecule has 1 aromatic carbocycles. The molecule has 2 rings (SSSR count). The zero-order chi connectivity index (χ0) is 29.1. The van der Waals surface area contributed by atoms with Gasteiger partial charge < -0.3 is 47.3 Å². The van der Waals surface area contributed by atoms with Crippen molar-refractivity contribution < 1.29 is 39.3 Å². The largest absolute Gasteiger partial charge is 0.480 e. The van der Waals surface area contributed by atoms with Crippen molar-refractivity contribution in [1.82, 2.24) is 26.3 Å². The maximum Gasteiger partial charge on any atom is 0.322 e. The van der Waals surface area contributed by atoms with Crippen LogP contribution in [0.5, 0.6) is 0 Å². The summed E-state index contributed by atoms with van der Waals surface area (Å²) in [6.07, 6.45) is 2.14. The molecule has 14 nitrogen and oxygen atoms in total. The molecule has 0 saturated heterocycles. The molecule has 0 aliphatic rings. The van der Waals surface area contributed by atoms with Crippen molar-refractivity contribution in [2.24, 2.45) is 11.7 Å². The fraction of sp³-hybridized carbons (Fsp3) is 0.480. The van der Waals surface area contributed by atoms with E-state index in [1.165, 1.54) is 0 Å². The first-order chi connectivity index (χ1) is 18.5. The van der Waals surface area contributed by atoms with Gasteiger partial charge in [0, 0.05) is 23.5 Å². The van der Waals surface area contributed by atoms with Gasteiger partial charge in [-0.2, -0.15) is 0 Å². The number of hydrogen-bond acceptors (Lipinski definition) is 8. The number of carbonyl (C=O) groups excluding carboxylic acids is 4. The fourth-order valence-electron chi connectivity index (χ4n) is 3.79. The molecule has 10 N–H and O–H groups in total. The van der Waals surface area contributed by atoms with Gasteiger partial charge in [0.15, 0.2) is 0 Å². The van der Waals surface area contributed by atoms with E-state index in [-0.39, 0.29) is 12.3 Å². The number of aromatic amines is 1. The van der Waals surface area contributed by atoms with E-state index in [2.05, 4.69) is 26.3 Å². The molecule has 1 heterocycles. The summed E-state index contributed by atoms with van der Waals surface area (Å²) in [6, 6.07) is 2.14. The van der Waals surface area contributed by atoms with E-state index in [0.717, 1.165) is 10.9 Å². The molecule has 14 heteroatoms. The third-order valence-corrected chi connectivity index (χ3v) is 6.29. The molecule has 0 saturated carbocycles. The molecule has 0 aliphatic carbocycles. The standard InChI is InChI=1S/C25H36N6O8/c1-3-13(2)21(25(39)28-10-20(34)35)31-23(37)18(8-14-9-27-17-7-5-4-6-15(14)17)29-24(38)19(12-33)30-22(36)16(26)11-32/h4-7,9,13,16,18-19,21,27,32-33H,3,8,10-12,26H2,1-2H3,(H,28,39)(H,29,38)(H,30,36)(H,31,37)(H,34,35)/t13-,16-,18-,19-,21-/m0/s1. The van der Waals surface area contributed by atoms with Gasteiger partial charge in [-0.25, -0.2) is 0 Å². The maximum atomic E-state index is 13.5. The smallest absolute Gasteiger partial charge is 0.322 e. The molecule has 0 unspecified atom stereocenters. The molecular formula is C25H36N6O8. The van der Waals surface area contributed by atoms with Crippen molar-refractivity contribution in [2.75, 3.05) is 19.8 Å². The second kappa shape index (κ2) is 14.8. The summed E-state index contributed by atoms with van der Waals surface area (Å²) in [5.74, 6) is -4.84. The Kier molecular flexibility index (Phi) is 11.8. The molecule has 0 radical (unpaired) electrons. The van der Waals surface area contributed by atoms with E-state index >= 15 is 0 Å². The normalized spacial score (nSPS) is 14.9. The number of benzene rings is 1. The minimum absolute atomic E-state index is 0.0200. The van der Waals surface area contributed by atoms with Gasteiger partial charge in [-0.05, 0) is 17.5 Å². The molecule has 0 fully saturated rings. The van der Waals surface area contributed by atoms with Gasteiger partial charge in [0.2, 0.25) is 23.6 Å². The van der Waals surface area contributed by atoms with Crippen LogP contribution in [0.4, 0.5) is 0 Å². The number of carbonyl (C=O) groups is 5. The van der Waals surface area contributed by atoms with E-state index in [0.29, 0.717) is 12.0 Å². The Morgan fingerprint density at radius 2 is 1.56 bits per heavy atom. The van der Waals surface area contributed by atoms with Crippen LogP contribution < -0.4 is 27.0 Å². The monoisotopic (exact) mass is 548 g/mol. The van der Waals surface area contributed by atoms with Crippen LogP contribution in [0.3, 0.4) is 0 Å². The Morgan fingerprint density at radius 3 is 2.18 bits per heavy atom. The summed E-state index contributed by atoms with van der Waals surface area (Å²) in [5, 5.41) is 38.1. The molecule has 2 aromatic rings. The number of aliphatic carboxylic acids is 1. The molecule has 214 valence electrons. The molecule has 4 amide bonds. The minimum Gasteiger partial charge on any atom is -0.480 e. The van der Waals surface area contributed by atoms with Crippen molar-refractivity contribution >= 4 is 40.5 Å².